The van der Waals surface area contributed by atoms with Gasteiger partial charge >= 0.3 is 0 Å². The van der Waals surface area contributed by atoms with E-state index >= 15 is 0 Å². The van der Waals surface area contributed by atoms with Crippen LogP contribution in [0.4, 0.5) is 5.00 Å². The molecule has 0 radical (unpaired) electrons. The number of rotatable bonds is 4. The van der Waals surface area contributed by atoms with Gasteiger partial charge in [0.15, 0.2) is 11.0 Å². The summed E-state index contributed by atoms with van der Waals surface area (Å²) < 4.78 is 6.08. The van der Waals surface area contributed by atoms with Crippen molar-refractivity contribution in [3.8, 4) is 11.3 Å². The summed E-state index contributed by atoms with van der Waals surface area (Å²) in [5.41, 5.74) is 7.06. The molecule has 2 amide bonds. The second kappa shape index (κ2) is 7.61. The van der Waals surface area contributed by atoms with E-state index in [0.29, 0.717) is 21.7 Å². The largest absolute Gasteiger partial charge is 0.455 e. The predicted molar refractivity (Wildman–Crippen MR) is 118 cm³/mol. The number of nitrogens with two attached hydrogens (primary N) is 1. The Balaban J connectivity index is 1.86. The van der Waals surface area contributed by atoms with Gasteiger partial charge < -0.3 is 15.5 Å². The summed E-state index contributed by atoms with van der Waals surface area (Å²) >= 11 is 1.25. The molecule has 7 heteroatoms. The number of primary amides is 1. The Morgan fingerprint density at radius 3 is 2.43 bits per heavy atom. The highest BCUT2D eigenvalue weighted by molar-refractivity contribution is 7.16. The van der Waals surface area contributed by atoms with Gasteiger partial charge in [0.2, 0.25) is 0 Å². The Morgan fingerprint density at radius 2 is 1.73 bits per heavy atom. The van der Waals surface area contributed by atoms with E-state index in [4.69, 9.17) is 10.2 Å². The van der Waals surface area contributed by atoms with E-state index < -0.39 is 11.8 Å². The summed E-state index contributed by atoms with van der Waals surface area (Å²) in [5, 5.41) is 3.41. The lowest BCUT2D eigenvalue weighted by atomic mass is 10.0. The number of thiophene rings is 1. The maximum absolute atomic E-state index is 13.0. The number of anilines is 1. The average Bonchev–Trinajstić information content (AvgIpc) is 3.11. The fraction of sp³-hybridized carbons (Fsp3) is 0.0870. The van der Waals surface area contributed by atoms with E-state index in [-0.39, 0.29) is 22.1 Å². The minimum atomic E-state index is -0.624. The number of carbonyl (C=O) groups excluding carboxylic acids is 2. The molecule has 4 aromatic rings. The number of para-hydroxylation sites is 1. The van der Waals surface area contributed by atoms with Crippen LogP contribution in [0.1, 0.15) is 31.2 Å². The molecule has 30 heavy (non-hydrogen) atoms. The molecule has 0 atom stereocenters. The average molecular weight is 418 g/mol. The van der Waals surface area contributed by atoms with Crippen molar-refractivity contribution in [3.63, 3.8) is 0 Å². The standard InChI is InChI=1S/C23H18N2O4S/c1-12-11-17(21(24)27)23(30-12)25-22(28)16-10-6-9-15-18(26)13(2)19(29-20(15)16)14-7-4-3-5-8-14/h3-11H,1-2H3,(H2,24,27)(H,25,28). The van der Waals surface area contributed by atoms with Crippen LogP contribution in [0.15, 0.2) is 63.8 Å². The van der Waals surface area contributed by atoms with Crippen LogP contribution >= 0.6 is 11.3 Å². The van der Waals surface area contributed by atoms with Crippen molar-refractivity contribution < 1.29 is 14.0 Å². The summed E-state index contributed by atoms with van der Waals surface area (Å²) in [5.74, 6) is -0.699. The van der Waals surface area contributed by atoms with Crippen LogP contribution in [-0.4, -0.2) is 11.8 Å². The van der Waals surface area contributed by atoms with Crippen molar-refractivity contribution in [2.75, 3.05) is 5.32 Å². The monoisotopic (exact) mass is 418 g/mol. The Morgan fingerprint density at radius 1 is 1.00 bits per heavy atom. The van der Waals surface area contributed by atoms with Crippen LogP contribution in [0.2, 0.25) is 0 Å². The lowest BCUT2D eigenvalue weighted by Crippen LogP contribution is -2.17. The molecule has 0 aliphatic rings. The first-order valence-electron chi connectivity index (χ1n) is 9.20. The Hall–Kier alpha value is -3.71. The minimum absolute atomic E-state index is 0.193. The van der Waals surface area contributed by atoms with E-state index in [1.54, 1.807) is 31.2 Å². The normalized spacial score (nSPS) is 10.9. The first-order valence-corrected chi connectivity index (χ1v) is 10.0. The van der Waals surface area contributed by atoms with Crippen LogP contribution in [0.25, 0.3) is 22.3 Å². The fourth-order valence-electron chi connectivity index (χ4n) is 3.31. The van der Waals surface area contributed by atoms with Crippen LogP contribution in [0.5, 0.6) is 0 Å². The van der Waals surface area contributed by atoms with Gasteiger partial charge in [-0.25, -0.2) is 0 Å². The molecule has 150 valence electrons. The molecule has 0 unspecified atom stereocenters. The first-order chi connectivity index (χ1) is 14.4. The van der Waals surface area contributed by atoms with Crippen molar-refractivity contribution in [2.45, 2.75) is 13.8 Å². The number of benzene rings is 2. The third-order valence-electron chi connectivity index (χ3n) is 4.77. The molecule has 0 bridgehead atoms. The lowest BCUT2D eigenvalue weighted by molar-refractivity contribution is 0.100. The SMILES string of the molecule is Cc1cc(C(N)=O)c(NC(=O)c2cccc3c(=O)c(C)c(-c4ccccc4)oc23)s1. The van der Waals surface area contributed by atoms with E-state index in [1.807, 2.05) is 37.3 Å². The Labute approximate surface area is 176 Å². The fourth-order valence-corrected chi connectivity index (χ4v) is 4.23. The van der Waals surface area contributed by atoms with Crippen LogP contribution in [-0.2, 0) is 0 Å². The predicted octanol–water partition coefficient (Wildman–Crippen LogP) is 4.49. The smallest absolute Gasteiger partial charge is 0.260 e. The van der Waals surface area contributed by atoms with E-state index in [1.165, 1.54) is 11.3 Å². The first kappa shape index (κ1) is 19.6. The van der Waals surface area contributed by atoms with E-state index in [2.05, 4.69) is 5.32 Å². The van der Waals surface area contributed by atoms with Gasteiger partial charge in [0, 0.05) is 16.0 Å². The zero-order valence-corrected chi connectivity index (χ0v) is 17.1. The second-order valence-electron chi connectivity index (χ2n) is 6.85. The minimum Gasteiger partial charge on any atom is -0.455 e. The molecule has 0 aliphatic heterocycles. The molecular weight excluding hydrogens is 400 g/mol. The second-order valence-corrected chi connectivity index (χ2v) is 8.11. The van der Waals surface area contributed by atoms with Gasteiger partial charge in [-0.1, -0.05) is 36.4 Å². The molecule has 6 nitrogen and oxygen atoms in total. The van der Waals surface area contributed by atoms with Crippen LogP contribution in [0.3, 0.4) is 0 Å². The van der Waals surface area contributed by atoms with Crippen LogP contribution < -0.4 is 16.5 Å². The summed E-state index contributed by atoms with van der Waals surface area (Å²) in [4.78, 5) is 38.5. The van der Waals surface area contributed by atoms with Gasteiger partial charge in [-0.2, -0.15) is 0 Å². The molecule has 3 N–H and O–H groups in total. The lowest BCUT2D eigenvalue weighted by Gasteiger charge is -2.10. The van der Waals surface area contributed by atoms with Crippen molar-refractivity contribution in [2.24, 2.45) is 5.73 Å². The van der Waals surface area contributed by atoms with Gasteiger partial charge in [-0.3, -0.25) is 14.4 Å². The third-order valence-corrected chi connectivity index (χ3v) is 5.74. The maximum Gasteiger partial charge on any atom is 0.260 e. The molecule has 0 saturated heterocycles. The molecule has 0 spiro atoms. The number of carbonyl (C=O) groups is 2. The van der Waals surface area contributed by atoms with Gasteiger partial charge in [0.05, 0.1) is 16.5 Å². The van der Waals surface area contributed by atoms with Crippen LogP contribution in [0, 0.1) is 13.8 Å². The van der Waals surface area contributed by atoms with Crippen molar-refractivity contribution in [1.82, 2.24) is 0 Å². The van der Waals surface area contributed by atoms with Crippen molar-refractivity contribution in [1.29, 1.82) is 0 Å². The molecule has 4 rings (SSSR count). The molecule has 2 heterocycles. The number of hydrogen-bond acceptors (Lipinski definition) is 5. The molecular formula is C23H18N2O4S. The Kier molecular flexibility index (Phi) is 4.97. The highest BCUT2D eigenvalue weighted by atomic mass is 32.1. The maximum atomic E-state index is 13.0. The molecule has 0 saturated carbocycles. The highest BCUT2D eigenvalue weighted by Gasteiger charge is 2.20. The van der Waals surface area contributed by atoms with E-state index in [0.717, 1.165) is 10.4 Å². The molecule has 2 aromatic heterocycles. The number of hydrogen-bond donors (Lipinski definition) is 2. The summed E-state index contributed by atoms with van der Waals surface area (Å²) in [7, 11) is 0. The summed E-state index contributed by atoms with van der Waals surface area (Å²) in [6, 6.07) is 15.7. The number of amides is 2. The van der Waals surface area contributed by atoms with Crippen molar-refractivity contribution in [3.05, 3.63) is 86.4 Å². The van der Waals surface area contributed by atoms with Gasteiger partial charge in [0.25, 0.3) is 11.8 Å². The van der Waals surface area contributed by atoms with Gasteiger partial charge in [0.1, 0.15) is 10.8 Å². The zero-order valence-electron chi connectivity index (χ0n) is 16.3. The molecule has 0 fully saturated rings. The third kappa shape index (κ3) is 3.40. The highest BCUT2D eigenvalue weighted by Crippen LogP contribution is 2.30. The Bertz CT molecular complexity index is 1350. The van der Waals surface area contributed by atoms with Gasteiger partial charge in [-0.15, -0.1) is 11.3 Å². The topological polar surface area (TPSA) is 102 Å². The zero-order chi connectivity index (χ0) is 21.4. The number of fused-ring (bicyclic) bond motifs is 1. The van der Waals surface area contributed by atoms with Crippen molar-refractivity contribution >= 4 is 39.1 Å². The molecule has 2 aromatic carbocycles. The summed E-state index contributed by atoms with van der Waals surface area (Å²) in [6.45, 7) is 3.52. The quantitative estimate of drug-likeness (QED) is 0.510. The number of aryl methyl sites for hydroxylation is 1. The molecule has 0 aliphatic carbocycles. The van der Waals surface area contributed by atoms with E-state index in [9.17, 15) is 14.4 Å². The summed E-state index contributed by atoms with van der Waals surface area (Å²) in [6.07, 6.45) is 0. The number of nitrogens with one attached hydrogen (secondary N) is 1. The van der Waals surface area contributed by atoms with Gasteiger partial charge in [-0.05, 0) is 32.0 Å².